The highest BCUT2D eigenvalue weighted by Gasteiger charge is 2.13. The minimum atomic E-state index is -0.203. The van der Waals surface area contributed by atoms with Crippen LogP contribution in [0.1, 0.15) is 11.1 Å². The summed E-state index contributed by atoms with van der Waals surface area (Å²) in [6.45, 7) is 2.51. The summed E-state index contributed by atoms with van der Waals surface area (Å²) in [4.78, 5) is 4.58. The van der Waals surface area contributed by atoms with E-state index in [1.807, 2.05) is 31.2 Å². The van der Waals surface area contributed by atoms with Gasteiger partial charge in [-0.3, -0.25) is 0 Å². The molecule has 20 heavy (non-hydrogen) atoms. The third-order valence-electron chi connectivity index (χ3n) is 3.01. The minimum absolute atomic E-state index is 0.203. The van der Waals surface area contributed by atoms with Crippen LogP contribution in [0, 0.1) is 12.7 Å². The number of fused-ring (bicyclic) bond motifs is 1. The Labute approximate surface area is 121 Å². The Morgan fingerprint density at radius 3 is 3.00 bits per heavy atom. The van der Waals surface area contributed by atoms with Crippen molar-refractivity contribution in [3.8, 4) is 5.75 Å². The maximum Gasteiger partial charge on any atom is 0.145 e. The van der Waals surface area contributed by atoms with E-state index in [2.05, 4.69) is 4.99 Å². The third-order valence-corrected chi connectivity index (χ3v) is 4.03. The van der Waals surface area contributed by atoms with Crippen LogP contribution in [0.3, 0.4) is 0 Å². The molecule has 2 aromatic rings. The lowest BCUT2D eigenvalue weighted by atomic mass is 10.2. The molecule has 0 saturated carbocycles. The van der Waals surface area contributed by atoms with Gasteiger partial charge in [-0.05, 0) is 42.3 Å². The highest BCUT2D eigenvalue weighted by Crippen LogP contribution is 2.33. The Morgan fingerprint density at radius 1 is 1.25 bits per heavy atom. The minimum Gasteiger partial charge on any atom is -0.484 e. The van der Waals surface area contributed by atoms with E-state index in [0.717, 1.165) is 27.6 Å². The summed E-state index contributed by atoms with van der Waals surface area (Å²) in [5.74, 6) is 1.33. The monoisotopic (exact) mass is 287 g/mol. The molecular formula is C16H14FNOS. The summed E-state index contributed by atoms with van der Waals surface area (Å²) >= 11 is 1.59. The molecule has 2 aromatic carbocycles. The molecule has 0 aliphatic carbocycles. The number of nitrogens with zero attached hydrogens (tertiary/aromatic N) is 1. The van der Waals surface area contributed by atoms with Crippen LogP contribution in [-0.4, -0.2) is 11.7 Å². The first-order valence-electron chi connectivity index (χ1n) is 6.39. The Bertz CT molecular complexity index is 669. The summed E-state index contributed by atoms with van der Waals surface area (Å²) in [6.07, 6.45) is 0. The first kappa shape index (κ1) is 13.2. The number of aryl methyl sites for hydroxylation is 1. The van der Waals surface area contributed by atoms with Crippen LogP contribution in [-0.2, 0) is 5.75 Å². The lowest BCUT2D eigenvalue weighted by molar-refractivity contribution is 0.375. The zero-order chi connectivity index (χ0) is 13.9. The van der Waals surface area contributed by atoms with E-state index in [0.29, 0.717) is 12.4 Å². The molecule has 3 rings (SSSR count). The predicted molar refractivity (Wildman–Crippen MR) is 81.5 cm³/mol. The fraction of sp³-hybridized carbons (Fsp3) is 0.188. The van der Waals surface area contributed by atoms with Gasteiger partial charge < -0.3 is 4.74 Å². The molecule has 0 spiro atoms. The third kappa shape index (κ3) is 3.02. The normalized spacial score (nSPS) is 13.4. The molecule has 0 unspecified atom stereocenters. The number of hydrogen-bond acceptors (Lipinski definition) is 3. The van der Waals surface area contributed by atoms with Crippen molar-refractivity contribution in [2.75, 3.05) is 6.61 Å². The average molecular weight is 287 g/mol. The van der Waals surface area contributed by atoms with E-state index < -0.39 is 0 Å². The number of benzene rings is 2. The highest BCUT2D eigenvalue weighted by atomic mass is 32.2. The molecule has 1 aliphatic heterocycles. The van der Waals surface area contributed by atoms with E-state index in [4.69, 9.17) is 4.74 Å². The molecule has 0 radical (unpaired) electrons. The molecule has 0 aromatic heterocycles. The average Bonchev–Trinajstić information content (AvgIpc) is 2.45. The number of thioether (sulfide) groups is 1. The summed E-state index contributed by atoms with van der Waals surface area (Å²) in [5.41, 5.74) is 2.98. The number of hydrogen-bond donors (Lipinski definition) is 0. The van der Waals surface area contributed by atoms with Crippen molar-refractivity contribution in [2.45, 2.75) is 12.7 Å². The van der Waals surface area contributed by atoms with Crippen molar-refractivity contribution in [3.05, 3.63) is 59.4 Å². The fourth-order valence-electron chi connectivity index (χ4n) is 2.00. The van der Waals surface area contributed by atoms with Gasteiger partial charge in [0.1, 0.15) is 28.9 Å². The van der Waals surface area contributed by atoms with Crippen LogP contribution in [0.2, 0.25) is 0 Å². The van der Waals surface area contributed by atoms with Crippen LogP contribution in [0.25, 0.3) is 0 Å². The smallest absolute Gasteiger partial charge is 0.145 e. The van der Waals surface area contributed by atoms with Gasteiger partial charge in [-0.15, -0.1) is 11.8 Å². The Morgan fingerprint density at radius 2 is 2.15 bits per heavy atom. The second-order valence-electron chi connectivity index (χ2n) is 4.68. The number of ether oxygens (including phenoxy) is 1. The van der Waals surface area contributed by atoms with Gasteiger partial charge in [0.2, 0.25) is 0 Å². The van der Waals surface area contributed by atoms with E-state index in [1.165, 1.54) is 6.07 Å². The zero-order valence-electron chi connectivity index (χ0n) is 11.1. The Balaban J connectivity index is 1.71. The van der Waals surface area contributed by atoms with Crippen LogP contribution in [0.5, 0.6) is 5.75 Å². The van der Waals surface area contributed by atoms with E-state index in [9.17, 15) is 4.39 Å². The summed E-state index contributed by atoms with van der Waals surface area (Å²) in [5, 5.41) is 0.922. The summed E-state index contributed by atoms with van der Waals surface area (Å²) in [7, 11) is 0. The second-order valence-corrected chi connectivity index (χ2v) is 5.73. The number of halogens is 1. The van der Waals surface area contributed by atoms with Crippen LogP contribution in [0.15, 0.2) is 47.5 Å². The lowest BCUT2D eigenvalue weighted by Crippen LogP contribution is -2.12. The first-order valence-corrected chi connectivity index (χ1v) is 7.37. The molecule has 0 amide bonds. The summed E-state index contributed by atoms with van der Waals surface area (Å²) in [6, 6.07) is 12.6. The molecule has 102 valence electrons. The SMILES string of the molecule is Cc1ccc2c(c1)OCC(SCc1cccc(F)c1)=N2. The molecule has 0 N–H and O–H groups in total. The van der Waals surface area contributed by atoms with Gasteiger partial charge in [0, 0.05) is 5.75 Å². The molecular weight excluding hydrogens is 273 g/mol. The van der Waals surface area contributed by atoms with Crippen molar-refractivity contribution in [1.29, 1.82) is 0 Å². The number of rotatable bonds is 2. The van der Waals surface area contributed by atoms with Gasteiger partial charge in [0.15, 0.2) is 0 Å². The standard InChI is InChI=1S/C16H14FNOS/c1-11-5-6-14-15(7-11)19-9-16(18-14)20-10-12-3-2-4-13(17)8-12/h2-8H,9-10H2,1H3. The molecule has 4 heteroatoms. The maximum absolute atomic E-state index is 13.1. The van der Waals surface area contributed by atoms with Crippen LogP contribution >= 0.6 is 11.8 Å². The highest BCUT2D eigenvalue weighted by molar-refractivity contribution is 8.13. The topological polar surface area (TPSA) is 21.6 Å². The largest absolute Gasteiger partial charge is 0.484 e. The molecule has 0 atom stereocenters. The quantitative estimate of drug-likeness (QED) is 0.811. The van der Waals surface area contributed by atoms with Gasteiger partial charge in [-0.2, -0.15) is 0 Å². The van der Waals surface area contributed by atoms with Gasteiger partial charge in [-0.1, -0.05) is 18.2 Å². The first-order chi connectivity index (χ1) is 9.70. The van der Waals surface area contributed by atoms with Gasteiger partial charge in [-0.25, -0.2) is 9.38 Å². The van der Waals surface area contributed by atoms with Crippen molar-refractivity contribution in [1.82, 2.24) is 0 Å². The predicted octanol–water partition coefficient (Wildman–Crippen LogP) is 4.49. The maximum atomic E-state index is 13.1. The van der Waals surface area contributed by atoms with Gasteiger partial charge in [0.25, 0.3) is 0 Å². The molecule has 1 heterocycles. The van der Waals surface area contributed by atoms with Crippen LogP contribution < -0.4 is 4.74 Å². The summed E-state index contributed by atoms with van der Waals surface area (Å²) < 4.78 is 18.8. The second kappa shape index (κ2) is 5.67. The van der Waals surface area contributed by atoms with Crippen molar-refractivity contribution in [2.24, 2.45) is 4.99 Å². The van der Waals surface area contributed by atoms with Crippen LogP contribution in [0.4, 0.5) is 10.1 Å². The molecule has 2 nitrogen and oxygen atoms in total. The molecule has 1 aliphatic rings. The number of aliphatic imine (C=N–C) groups is 1. The fourth-order valence-corrected chi connectivity index (χ4v) is 2.82. The van der Waals surface area contributed by atoms with E-state index in [-0.39, 0.29) is 5.82 Å². The zero-order valence-corrected chi connectivity index (χ0v) is 11.9. The van der Waals surface area contributed by atoms with Crippen molar-refractivity contribution >= 4 is 22.5 Å². The van der Waals surface area contributed by atoms with E-state index >= 15 is 0 Å². The van der Waals surface area contributed by atoms with Crippen molar-refractivity contribution in [3.63, 3.8) is 0 Å². The Kier molecular flexibility index (Phi) is 3.74. The van der Waals surface area contributed by atoms with E-state index in [1.54, 1.807) is 23.9 Å². The van der Waals surface area contributed by atoms with Gasteiger partial charge in [0.05, 0.1) is 0 Å². The van der Waals surface area contributed by atoms with Crippen molar-refractivity contribution < 1.29 is 9.13 Å². The lowest BCUT2D eigenvalue weighted by Gasteiger charge is -2.17. The molecule has 0 saturated heterocycles. The molecule has 0 fully saturated rings. The van der Waals surface area contributed by atoms with Gasteiger partial charge >= 0.3 is 0 Å². The molecule has 0 bridgehead atoms. The Hall–Kier alpha value is -1.81.